The van der Waals surface area contributed by atoms with Gasteiger partial charge in [-0.05, 0) is 6.07 Å². The van der Waals surface area contributed by atoms with Crippen molar-refractivity contribution in [1.29, 1.82) is 0 Å². The number of pyridine rings is 2. The van der Waals surface area contributed by atoms with Crippen molar-refractivity contribution in [3.63, 3.8) is 0 Å². The summed E-state index contributed by atoms with van der Waals surface area (Å²) in [4.78, 5) is 24.9. The van der Waals surface area contributed by atoms with Crippen molar-refractivity contribution >= 4 is 12.9 Å². The first-order chi connectivity index (χ1) is 10.3. The number of carbonyl (C=O) groups excluding carboxylic acids is 2. The summed E-state index contributed by atoms with van der Waals surface area (Å²) in [6.07, 6.45) is 5.61. The van der Waals surface area contributed by atoms with Gasteiger partial charge in [0.05, 0.1) is 5.69 Å². The van der Waals surface area contributed by atoms with E-state index in [0.29, 0.717) is 25.2 Å². The van der Waals surface area contributed by atoms with E-state index in [-0.39, 0.29) is 13.2 Å². The Balaban J connectivity index is 2.18. The predicted octanol–water partition coefficient (Wildman–Crippen LogP) is 0.763. The van der Waals surface area contributed by atoms with Crippen LogP contribution in [0.3, 0.4) is 0 Å². The molecule has 0 aliphatic heterocycles. The topological polar surface area (TPSA) is 69.4 Å². The molecular weight excluding hydrogens is 272 g/mol. The summed E-state index contributed by atoms with van der Waals surface area (Å²) in [6, 6.07) is 7.71. The maximum atomic E-state index is 10.3. The fourth-order valence-corrected chi connectivity index (χ4v) is 1.92. The molecule has 0 N–H and O–H groups in total. The molecule has 0 fully saturated rings. The van der Waals surface area contributed by atoms with Crippen LogP contribution in [0.15, 0.2) is 42.9 Å². The van der Waals surface area contributed by atoms with Gasteiger partial charge in [-0.1, -0.05) is 6.07 Å². The molecule has 2 heterocycles. The average Bonchev–Trinajstić information content (AvgIpc) is 2.53. The summed E-state index contributed by atoms with van der Waals surface area (Å²) in [6.45, 7) is 1.54. The molecular formula is C15H15N2O4+. The van der Waals surface area contributed by atoms with E-state index in [2.05, 4.69) is 4.98 Å². The van der Waals surface area contributed by atoms with Crippen LogP contribution >= 0.6 is 0 Å². The first kappa shape index (κ1) is 14.6. The lowest BCUT2D eigenvalue weighted by Gasteiger charge is -2.08. The summed E-state index contributed by atoms with van der Waals surface area (Å²) < 4.78 is 11.5. The number of nitrogens with zero attached hydrogens (tertiary/aromatic N) is 2. The molecule has 0 bridgehead atoms. The zero-order chi connectivity index (χ0) is 14.9. The van der Waals surface area contributed by atoms with Crippen molar-refractivity contribution in [2.75, 3.05) is 0 Å². The predicted molar refractivity (Wildman–Crippen MR) is 71.7 cm³/mol. The number of rotatable bonds is 8. The van der Waals surface area contributed by atoms with Crippen molar-refractivity contribution in [3.05, 3.63) is 59.7 Å². The smallest absolute Gasteiger partial charge is 0.293 e. The Morgan fingerprint density at radius 1 is 1.05 bits per heavy atom. The molecule has 0 amide bonds. The van der Waals surface area contributed by atoms with Crippen molar-refractivity contribution in [1.82, 2.24) is 4.98 Å². The highest BCUT2D eigenvalue weighted by molar-refractivity contribution is 5.39. The molecule has 6 heteroatoms. The first-order valence-corrected chi connectivity index (χ1v) is 6.34. The van der Waals surface area contributed by atoms with E-state index < -0.39 is 0 Å². The van der Waals surface area contributed by atoms with Gasteiger partial charge in [-0.15, -0.1) is 0 Å². The van der Waals surface area contributed by atoms with E-state index >= 15 is 0 Å². The lowest BCUT2D eigenvalue weighted by molar-refractivity contribution is -0.688. The van der Waals surface area contributed by atoms with Gasteiger partial charge >= 0.3 is 0 Å². The van der Waals surface area contributed by atoms with Crippen LogP contribution in [0.2, 0.25) is 0 Å². The van der Waals surface area contributed by atoms with E-state index in [9.17, 15) is 9.59 Å². The van der Waals surface area contributed by atoms with Gasteiger partial charge in [-0.2, -0.15) is 0 Å². The third-order valence-corrected chi connectivity index (χ3v) is 2.85. The monoisotopic (exact) mass is 287 g/mol. The molecule has 0 aliphatic rings. The molecule has 0 radical (unpaired) electrons. The van der Waals surface area contributed by atoms with Crippen LogP contribution in [-0.4, -0.2) is 17.9 Å². The van der Waals surface area contributed by atoms with Crippen LogP contribution in [0.4, 0.5) is 0 Å². The van der Waals surface area contributed by atoms with Gasteiger partial charge in [0.2, 0.25) is 0 Å². The summed E-state index contributed by atoms with van der Waals surface area (Å²) in [7, 11) is 0. The zero-order valence-corrected chi connectivity index (χ0v) is 11.3. The molecule has 2 aromatic heterocycles. The molecule has 0 spiro atoms. The second-order valence-electron chi connectivity index (χ2n) is 4.31. The van der Waals surface area contributed by atoms with Crippen molar-refractivity contribution in [2.24, 2.45) is 0 Å². The normalized spacial score (nSPS) is 9.90. The second kappa shape index (κ2) is 7.74. The van der Waals surface area contributed by atoms with Crippen LogP contribution in [0, 0.1) is 0 Å². The summed E-state index contributed by atoms with van der Waals surface area (Å²) >= 11 is 0. The summed E-state index contributed by atoms with van der Waals surface area (Å²) in [5.74, 6) is 0. The number of hydrogen-bond donors (Lipinski definition) is 0. The van der Waals surface area contributed by atoms with Crippen molar-refractivity contribution in [3.8, 4) is 0 Å². The van der Waals surface area contributed by atoms with E-state index in [1.807, 2.05) is 41.2 Å². The molecule has 2 aromatic rings. The Morgan fingerprint density at radius 2 is 1.76 bits per heavy atom. The molecule has 0 atom stereocenters. The second-order valence-corrected chi connectivity index (χ2v) is 4.31. The highest BCUT2D eigenvalue weighted by Crippen LogP contribution is 2.11. The van der Waals surface area contributed by atoms with E-state index in [4.69, 9.17) is 9.47 Å². The molecule has 0 unspecified atom stereocenters. The Labute approximate surface area is 122 Å². The average molecular weight is 287 g/mol. The molecule has 0 saturated carbocycles. The Hall–Kier alpha value is -2.76. The lowest BCUT2D eigenvalue weighted by Crippen LogP contribution is -2.33. The van der Waals surface area contributed by atoms with Crippen molar-refractivity contribution < 1.29 is 23.6 Å². The number of ether oxygens (including phenoxy) is 2. The Kier molecular flexibility index (Phi) is 5.40. The number of carbonyl (C=O) groups is 2. The molecule has 21 heavy (non-hydrogen) atoms. The maximum Gasteiger partial charge on any atom is 0.293 e. The molecule has 6 nitrogen and oxygen atoms in total. The van der Waals surface area contributed by atoms with Crippen LogP contribution in [0.5, 0.6) is 0 Å². The SMILES string of the molecule is O=COCc1cc(C[n+]2ccccc2)cnc1COC=O. The molecule has 108 valence electrons. The lowest BCUT2D eigenvalue weighted by atomic mass is 10.1. The minimum absolute atomic E-state index is 0.0554. The van der Waals surface area contributed by atoms with Gasteiger partial charge in [-0.3, -0.25) is 14.6 Å². The van der Waals surface area contributed by atoms with Gasteiger partial charge in [0.25, 0.3) is 12.9 Å². The van der Waals surface area contributed by atoms with Gasteiger partial charge in [0, 0.05) is 29.5 Å². The van der Waals surface area contributed by atoms with Crippen LogP contribution in [0.1, 0.15) is 16.8 Å². The molecule has 0 saturated heterocycles. The highest BCUT2D eigenvalue weighted by Gasteiger charge is 2.09. The van der Waals surface area contributed by atoms with Gasteiger partial charge in [0.15, 0.2) is 18.9 Å². The number of hydrogen-bond acceptors (Lipinski definition) is 5. The fourth-order valence-electron chi connectivity index (χ4n) is 1.92. The third kappa shape index (κ3) is 4.38. The van der Waals surface area contributed by atoms with E-state index in [1.54, 1.807) is 6.20 Å². The Morgan fingerprint density at radius 3 is 2.48 bits per heavy atom. The third-order valence-electron chi connectivity index (χ3n) is 2.85. The van der Waals surface area contributed by atoms with Gasteiger partial charge < -0.3 is 9.47 Å². The van der Waals surface area contributed by atoms with Gasteiger partial charge in [-0.25, -0.2) is 4.57 Å². The fraction of sp³-hybridized carbons (Fsp3) is 0.200. The minimum Gasteiger partial charge on any atom is -0.463 e. The van der Waals surface area contributed by atoms with Crippen molar-refractivity contribution in [2.45, 2.75) is 19.8 Å². The quantitative estimate of drug-likeness (QED) is 0.529. The summed E-state index contributed by atoms with van der Waals surface area (Å²) in [5.41, 5.74) is 2.26. The standard InChI is InChI=1S/C15H15N2O4/c18-11-20-9-14-6-13(7-16-15(14)10-21-12-19)8-17-4-2-1-3-5-17/h1-7,11-12H,8-10H2/q+1. The maximum absolute atomic E-state index is 10.3. The highest BCUT2D eigenvalue weighted by atomic mass is 16.5. The minimum atomic E-state index is 0.0554. The molecule has 2 rings (SSSR count). The number of aromatic nitrogens is 2. The van der Waals surface area contributed by atoms with Crippen LogP contribution < -0.4 is 4.57 Å². The van der Waals surface area contributed by atoms with E-state index in [0.717, 1.165) is 11.1 Å². The van der Waals surface area contributed by atoms with Gasteiger partial charge in [0.1, 0.15) is 13.2 Å². The Bertz CT molecular complexity index is 602. The summed E-state index contributed by atoms with van der Waals surface area (Å²) in [5, 5.41) is 0. The first-order valence-electron chi connectivity index (χ1n) is 6.34. The van der Waals surface area contributed by atoms with Crippen LogP contribution in [0.25, 0.3) is 0 Å². The molecule has 0 aliphatic carbocycles. The molecule has 0 aromatic carbocycles. The zero-order valence-electron chi connectivity index (χ0n) is 11.3. The largest absolute Gasteiger partial charge is 0.463 e. The van der Waals surface area contributed by atoms with E-state index in [1.165, 1.54) is 0 Å². The van der Waals surface area contributed by atoms with Crippen LogP contribution in [-0.2, 0) is 38.8 Å².